The van der Waals surface area contributed by atoms with Gasteiger partial charge in [0.05, 0.1) is 12.8 Å². The molecule has 0 bridgehead atoms. The Morgan fingerprint density at radius 2 is 2.00 bits per heavy atom. The zero-order valence-corrected chi connectivity index (χ0v) is 12.9. The molecular weight excluding hydrogens is 312 g/mol. The predicted octanol–water partition coefficient (Wildman–Crippen LogP) is 2.41. The van der Waals surface area contributed by atoms with E-state index in [1.807, 2.05) is 0 Å². The number of sulfonamides is 1. The minimum Gasteiger partial charge on any atom is -0.497 e. The number of nitrogen functional groups attached to an aromatic ring is 1. The summed E-state index contributed by atoms with van der Waals surface area (Å²) in [5.41, 5.74) is 6.62. The molecule has 0 spiro atoms. The standard InChI is InChI=1S/C14H15ClN2O3S/c1-20-12-4-2-3-10(7-12)9-17-21(18,19)14-8-11(15)5-6-13(14)16/h2-8,17H,9,16H2,1H3. The van der Waals surface area contributed by atoms with Crippen LogP contribution in [0.25, 0.3) is 0 Å². The first kappa shape index (κ1) is 15.6. The Kier molecular flexibility index (Phi) is 4.72. The highest BCUT2D eigenvalue weighted by Gasteiger charge is 2.17. The summed E-state index contributed by atoms with van der Waals surface area (Å²) in [5.74, 6) is 0.661. The fraction of sp³-hybridized carbons (Fsp3) is 0.143. The van der Waals surface area contributed by atoms with E-state index in [4.69, 9.17) is 22.1 Å². The van der Waals surface area contributed by atoms with Gasteiger partial charge in [0.25, 0.3) is 0 Å². The number of anilines is 1. The van der Waals surface area contributed by atoms with Gasteiger partial charge in [-0.05, 0) is 35.9 Å². The lowest BCUT2D eigenvalue weighted by Gasteiger charge is -2.10. The lowest BCUT2D eigenvalue weighted by molar-refractivity contribution is 0.414. The molecule has 0 amide bonds. The zero-order valence-electron chi connectivity index (χ0n) is 11.3. The first-order chi connectivity index (χ1) is 9.92. The van der Waals surface area contributed by atoms with Gasteiger partial charge in [-0.25, -0.2) is 13.1 Å². The van der Waals surface area contributed by atoms with Crippen molar-refractivity contribution in [2.24, 2.45) is 0 Å². The molecule has 112 valence electrons. The summed E-state index contributed by atoms with van der Waals surface area (Å²) >= 11 is 5.82. The van der Waals surface area contributed by atoms with E-state index >= 15 is 0 Å². The Balaban J connectivity index is 2.19. The van der Waals surface area contributed by atoms with E-state index in [0.29, 0.717) is 10.8 Å². The van der Waals surface area contributed by atoms with Crippen molar-refractivity contribution in [1.29, 1.82) is 0 Å². The molecule has 0 unspecified atom stereocenters. The van der Waals surface area contributed by atoms with Gasteiger partial charge in [0.15, 0.2) is 0 Å². The molecule has 2 aromatic carbocycles. The molecule has 0 heterocycles. The molecule has 0 fully saturated rings. The maximum atomic E-state index is 12.3. The van der Waals surface area contributed by atoms with Gasteiger partial charge in [-0.3, -0.25) is 0 Å². The van der Waals surface area contributed by atoms with Crippen molar-refractivity contribution < 1.29 is 13.2 Å². The number of nitrogens with two attached hydrogens (primary N) is 1. The summed E-state index contributed by atoms with van der Waals surface area (Å²) in [6.07, 6.45) is 0. The first-order valence-corrected chi connectivity index (χ1v) is 7.96. The fourth-order valence-corrected chi connectivity index (χ4v) is 3.19. The molecule has 0 aliphatic heterocycles. The van der Waals surface area contributed by atoms with Gasteiger partial charge in [-0.15, -0.1) is 0 Å². The molecule has 0 aliphatic carbocycles. The van der Waals surface area contributed by atoms with Gasteiger partial charge in [0, 0.05) is 11.6 Å². The summed E-state index contributed by atoms with van der Waals surface area (Å²) in [7, 11) is -2.18. The smallest absolute Gasteiger partial charge is 0.242 e. The van der Waals surface area contributed by atoms with E-state index in [2.05, 4.69) is 4.72 Å². The van der Waals surface area contributed by atoms with Crippen LogP contribution in [0.2, 0.25) is 5.02 Å². The number of nitrogens with one attached hydrogen (secondary N) is 1. The van der Waals surface area contributed by atoms with E-state index in [1.54, 1.807) is 31.4 Å². The van der Waals surface area contributed by atoms with Crippen LogP contribution in [0.4, 0.5) is 5.69 Å². The van der Waals surface area contributed by atoms with Crippen LogP contribution in [-0.2, 0) is 16.6 Å². The van der Waals surface area contributed by atoms with Crippen molar-refractivity contribution >= 4 is 27.3 Å². The Morgan fingerprint density at radius 3 is 2.71 bits per heavy atom. The molecule has 3 N–H and O–H groups in total. The highest BCUT2D eigenvalue weighted by atomic mass is 35.5. The normalized spacial score (nSPS) is 11.3. The van der Waals surface area contributed by atoms with Crippen molar-refractivity contribution in [3.8, 4) is 5.75 Å². The van der Waals surface area contributed by atoms with Crippen LogP contribution in [0, 0.1) is 0 Å². The second-order valence-corrected chi connectivity index (χ2v) is 6.53. The molecule has 0 aliphatic rings. The van der Waals surface area contributed by atoms with E-state index in [9.17, 15) is 8.42 Å². The van der Waals surface area contributed by atoms with Gasteiger partial charge < -0.3 is 10.5 Å². The largest absolute Gasteiger partial charge is 0.497 e. The van der Waals surface area contributed by atoms with Crippen LogP contribution in [-0.4, -0.2) is 15.5 Å². The van der Waals surface area contributed by atoms with Gasteiger partial charge in [0.1, 0.15) is 10.6 Å². The minimum atomic E-state index is -3.73. The third-order valence-electron chi connectivity index (χ3n) is 2.87. The van der Waals surface area contributed by atoms with Gasteiger partial charge in [0.2, 0.25) is 10.0 Å². The maximum Gasteiger partial charge on any atom is 0.242 e. The topological polar surface area (TPSA) is 81.4 Å². The number of hydrogen-bond donors (Lipinski definition) is 2. The summed E-state index contributed by atoms with van der Waals surface area (Å²) in [4.78, 5) is -0.0297. The quantitative estimate of drug-likeness (QED) is 0.827. The summed E-state index contributed by atoms with van der Waals surface area (Å²) < 4.78 is 32.1. The van der Waals surface area contributed by atoms with E-state index < -0.39 is 10.0 Å². The van der Waals surface area contributed by atoms with Crippen molar-refractivity contribution in [1.82, 2.24) is 4.72 Å². The summed E-state index contributed by atoms with van der Waals surface area (Å²) in [6, 6.07) is 11.4. The number of halogens is 1. The van der Waals surface area contributed by atoms with Crippen LogP contribution in [0.1, 0.15) is 5.56 Å². The van der Waals surface area contributed by atoms with Crippen molar-refractivity contribution in [3.63, 3.8) is 0 Å². The second kappa shape index (κ2) is 6.34. The maximum absolute atomic E-state index is 12.3. The van der Waals surface area contributed by atoms with Gasteiger partial charge in [-0.1, -0.05) is 23.7 Å². The molecule has 0 aromatic heterocycles. The van der Waals surface area contributed by atoms with Crippen molar-refractivity contribution in [2.45, 2.75) is 11.4 Å². The Hall–Kier alpha value is -1.76. The Labute approximate surface area is 128 Å². The van der Waals surface area contributed by atoms with Crippen LogP contribution >= 0.6 is 11.6 Å². The Bertz CT molecular complexity index is 748. The van der Waals surface area contributed by atoms with Gasteiger partial charge >= 0.3 is 0 Å². The molecule has 21 heavy (non-hydrogen) atoms. The van der Waals surface area contributed by atoms with Crippen molar-refractivity contribution in [2.75, 3.05) is 12.8 Å². The highest BCUT2D eigenvalue weighted by Crippen LogP contribution is 2.23. The SMILES string of the molecule is COc1cccc(CNS(=O)(=O)c2cc(Cl)ccc2N)c1. The molecule has 0 saturated carbocycles. The van der Waals surface area contributed by atoms with Crippen LogP contribution in [0.5, 0.6) is 5.75 Å². The van der Waals surface area contributed by atoms with E-state index in [1.165, 1.54) is 18.2 Å². The number of rotatable bonds is 5. The Morgan fingerprint density at radius 1 is 1.24 bits per heavy atom. The average Bonchev–Trinajstić information content (AvgIpc) is 2.48. The van der Waals surface area contributed by atoms with Crippen molar-refractivity contribution in [3.05, 3.63) is 53.1 Å². The lowest BCUT2D eigenvalue weighted by Crippen LogP contribution is -2.24. The second-order valence-electron chi connectivity index (χ2n) is 4.36. The van der Waals surface area contributed by atoms with Gasteiger partial charge in [-0.2, -0.15) is 0 Å². The number of ether oxygens (including phenoxy) is 1. The van der Waals surface area contributed by atoms with Crippen LogP contribution in [0.15, 0.2) is 47.4 Å². The number of benzene rings is 2. The van der Waals surface area contributed by atoms with E-state index in [-0.39, 0.29) is 17.1 Å². The molecule has 0 saturated heterocycles. The number of methoxy groups -OCH3 is 1. The molecule has 5 nitrogen and oxygen atoms in total. The zero-order chi connectivity index (χ0) is 15.5. The number of hydrogen-bond acceptors (Lipinski definition) is 4. The van der Waals surface area contributed by atoms with E-state index in [0.717, 1.165) is 5.56 Å². The minimum absolute atomic E-state index is 0.0297. The highest BCUT2D eigenvalue weighted by molar-refractivity contribution is 7.89. The molecule has 2 rings (SSSR count). The summed E-state index contributed by atoms with van der Waals surface area (Å²) in [6.45, 7) is 0.130. The molecule has 0 radical (unpaired) electrons. The predicted molar refractivity (Wildman–Crippen MR) is 82.9 cm³/mol. The third-order valence-corrected chi connectivity index (χ3v) is 4.56. The fourth-order valence-electron chi connectivity index (χ4n) is 1.78. The van der Waals surface area contributed by atoms with Crippen LogP contribution in [0.3, 0.4) is 0 Å². The molecule has 2 aromatic rings. The third kappa shape index (κ3) is 3.87. The lowest BCUT2D eigenvalue weighted by atomic mass is 10.2. The average molecular weight is 327 g/mol. The molecule has 7 heteroatoms. The molecular formula is C14H15ClN2O3S. The first-order valence-electron chi connectivity index (χ1n) is 6.10. The summed E-state index contributed by atoms with van der Waals surface area (Å²) in [5, 5.41) is 0.311. The molecule has 0 atom stereocenters. The monoisotopic (exact) mass is 326 g/mol. The van der Waals surface area contributed by atoms with Crippen LogP contribution < -0.4 is 15.2 Å².